The van der Waals surface area contributed by atoms with Crippen LogP contribution in [0.25, 0.3) is 0 Å². The first-order valence-electron chi connectivity index (χ1n) is 5.96. The molecule has 1 rings (SSSR count). The van der Waals surface area contributed by atoms with Gasteiger partial charge in [0.05, 0.1) is 0 Å². The average molecular weight is 259 g/mol. The second-order valence-electron chi connectivity index (χ2n) is 4.55. The molecule has 96 valence electrons. The molecule has 0 aliphatic rings. The van der Waals surface area contributed by atoms with Gasteiger partial charge in [-0.3, -0.25) is 11.3 Å². The maximum atomic E-state index is 13.1. The third kappa shape index (κ3) is 4.62. The molecule has 17 heavy (non-hydrogen) atoms. The van der Waals surface area contributed by atoms with Crippen LogP contribution in [0.5, 0.6) is 0 Å². The monoisotopic (exact) mass is 258 g/mol. The van der Waals surface area contributed by atoms with Crippen molar-refractivity contribution in [1.82, 2.24) is 5.43 Å². The van der Waals surface area contributed by atoms with E-state index in [0.29, 0.717) is 17.4 Å². The van der Waals surface area contributed by atoms with Crippen molar-refractivity contribution in [2.45, 2.75) is 39.2 Å². The fraction of sp³-hybridized carbons (Fsp3) is 0.538. The van der Waals surface area contributed by atoms with Gasteiger partial charge in [0.15, 0.2) is 0 Å². The predicted molar refractivity (Wildman–Crippen MR) is 70.3 cm³/mol. The molecule has 3 N–H and O–H groups in total. The summed E-state index contributed by atoms with van der Waals surface area (Å²) in [5.41, 5.74) is 3.58. The van der Waals surface area contributed by atoms with Crippen LogP contribution in [0, 0.1) is 11.7 Å². The average Bonchev–Trinajstić information content (AvgIpc) is 2.32. The molecule has 1 aromatic rings. The van der Waals surface area contributed by atoms with Crippen LogP contribution < -0.4 is 11.3 Å². The number of benzene rings is 1. The van der Waals surface area contributed by atoms with Gasteiger partial charge in [0.1, 0.15) is 5.82 Å². The number of hydrogen-bond acceptors (Lipinski definition) is 2. The fourth-order valence-corrected chi connectivity index (χ4v) is 2.02. The molecule has 0 amide bonds. The molecule has 1 aromatic carbocycles. The first-order chi connectivity index (χ1) is 8.06. The van der Waals surface area contributed by atoms with Gasteiger partial charge >= 0.3 is 0 Å². The predicted octanol–water partition coefficient (Wildman–Crippen LogP) is 3.29. The normalized spacial score (nSPS) is 14.6. The second-order valence-corrected chi connectivity index (χ2v) is 4.96. The Balaban J connectivity index is 2.69. The van der Waals surface area contributed by atoms with E-state index in [-0.39, 0.29) is 11.9 Å². The van der Waals surface area contributed by atoms with Crippen molar-refractivity contribution in [1.29, 1.82) is 0 Å². The summed E-state index contributed by atoms with van der Waals surface area (Å²) in [4.78, 5) is 0. The molecule has 0 aliphatic heterocycles. The zero-order chi connectivity index (χ0) is 12.8. The van der Waals surface area contributed by atoms with Crippen molar-refractivity contribution < 1.29 is 4.39 Å². The first kappa shape index (κ1) is 14.4. The quantitative estimate of drug-likeness (QED) is 0.607. The summed E-state index contributed by atoms with van der Waals surface area (Å²) in [7, 11) is 0. The van der Waals surface area contributed by atoms with Gasteiger partial charge < -0.3 is 0 Å². The van der Waals surface area contributed by atoms with E-state index in [2.05, 4.69) is 19.3 Å². The topological polar surface area (TPSA) is 38.0 Å². The smallest absolute Gasteiger partial charge is 0.123 e. The molecule has 0 bridgehead atoms. The molecule has 0 fully saturated rings. The van der Waals surface area contributed by atoms with Gasteiger partial charge in [-0.05, 0) is 42.5 Å². The van der Waals surface area contributed by atoms with E-state index in [1.165, 1.54) is 12.1 Å². The van der Waals surface area contributed by atoms with Gasteiger partial charge in [0.25, 0.3) is 0 Å². The molecular formula is C13H20ClFN2. The lowest BCUT2D eigenvalue weighted by molar-refractivity contribution is 0.396. The fourth-order valence-electron chi connectivity index (χ4n) is 1.83. The van der Waals surface area contributed by atoms with Crippen LogP contribution in [0.2, 0.25) is 5.02 Å². The minimum Gasteiger partial charge on any atom is -0.271 e. The van der Waals surface area contributed by atoms with Crippen molar-refractivity contribution >= 4 is 11.6 Å². The van der Waals surface area contributed by atoms with Crippen molar-refractivity contribution in [2.24, 2.45) is 11.8 Å². The number of halogens is 2. The maximum absolute atomic E-state index is 13.1. The van der Waals surface area contributed by atoms with Gasteiger partial charge in [0.2, 0.25) is 0 Å². The lowest BCUT2D eigenvalue weighted by Gasteiger charge is -2.20. The standard InChI is InChI=1S/C13H20ClFN2/c1-3-9(2)6-12(17-16)8-10-7-11(15)4-5-13(10)14/h4-5,7,9,12,17H,3,6,8,16H2,1-2H3. The number of nitrogens with two attached hydrogens (primary N) is 1. The van der Waals surface area contributed by atoms with Crippen LogP contribution >= 0.6 is 11.6 Å². The van der Waals surface area contributed by atoms with E-state index in [9.17, 15) is 4.39 Å². The zero-order valence-corrected chi connectivity index (χ0v) is 11.1. The van der Waals surface area contributed by atoms with E-state index >= 15 is 0 Å². The summed E-state index contributed by atoms with van der Waals surface area (Å²) in [6, 6.07) is 4.56. The van der Waals surface area contributed by atoms with E-state index in [1.807, 2.05) is 0 Å². The molecule has 0 radical (unpaired) electrons. The Hall–Kier alpha value is -0.640. The number of hydrogen-bond donors (Lipinski definition) is 2. The highest BCUT2D eigenvalue weighted by atomic mass is 35.5. The molecule has 0 aliphatic carbocycles. The summed E-state index contributed by atoms with van der Waals surface area (Å²) in [5, 5.41) is 0.593. The summed E-state index contributed by atoms with van der Waals surface area (Å²) in [6.45, 7) is 4.32. The van der Waals surface area contributed by atoms with Crippen LogP contribution in [0.4, 0.5) is 4.39 Å². The van der Waals surface area contributed by atoms with Crippen molar-refractivity contribution in [2.75, 3.05) is 0 Å². The second kappa shape index (κ2) is 6.94. The lowest BCUT2D eigenvalue weighted by atomic mass is 9.95. The van der Waals surface area contributed by atoms with Crippen LogP contribution in [0.3, 0.4) is 0 Å². The van der Waals surface area contributed by atoms with Crippen molar-refractivity contribution in [3.05, 3.63) is 34.6 Å². The summed E-state index contributed by atoms with van der Waals surface area (Å²) in [6.07, 6.45) is 2.71. The Morgan fingerprint density at radius 2 is 2.18 bits per heavy atom. The number of nitrogens with one attached hydrogen (secondary N) is 1. The molecular weight excluding hydrogens is 239 g/mol. The molecule has 2 nitrogen and oxygen atoms in total. The minimum absolute atomic E-state index is 0.129. The molecule has 0 aromatic heterocycles. The third-order valence-corrected chi connectivity index (χ3v) is 3.46. The minimum atomic E-state index is -0.260. The van der Waals surface area contributed by atoms with E-state index in [4.69, 9.17) is 17.4 Å². The molecule has 0 heterocycles. The Labute approximate surface area is 107 Å². The van der Waals surface area contributed by atoms with Gasteiger partial charge in [-0.1, -0.05) is 31.9 Å². The third-order valence-electron chi connectivity index (χ3n) is 3.09. The Morgan fingerprint density at radius 1 is 1.47 bits per heavy atom. The number of hydrazine groups is 1. The van der Waals surface area contributed by atoms with Crippen molar-refractivity contribution in [3.8, 4) is 0 Å². The summed E-state index contributed by atoms with van der Waals surface area (Å²) < 4.78 is 13.1. The maximum Gasteiger partial charge on any atom is 0.123 e. The molecule has 2 unspecified atom stereocenters. The highest BCUT2D eigenvalue weighted by molar-refractivity contribution is 6.31. The van der Waals surface area contributed by atoms with Crippen LogP contribution in [0.1, 0.15) is 32.3 Å². The number of rotatable bonds is 6. The molecule has 4 heteroatoms. The van der Waals surface area contributed by atoms with E-state index < -0.39 is 0 Å². The van der Waals surface area contributed by atoms with E-state index in [1.54, 1.807) is 6.07 Å². The zero-order valence-electron chi connectivity index (χ0n) is 10.3. The summed E-state index contributed by atoms with van der Waals surface area (Å²) in [5.74, 6) is 5.85. The molecule has 0 saturated heterocycles. The van der Waals surface area contributed by atoms with Gasteiger partial charge in [-0.25, -0.2) is 4.39 Å². The lowest BCUT2D eigenvalue weighted by Crippen LogP contribution is -2.38. The summed E-state index contributed by atoms with van der Waals surface area (Å²) >= 11 is 6.03. The Bertz CT molecular complexity index is 357. The van der Waals surface area contributed by atoms with Gasteiger partial charge in [0, 0.05) is 11.1 Å². The largest absolute Gasteiger partial charge is 0.271 e. The Kier molecular flexibility index (Phi) is 5.89. The van der Waals surface area contributed by atoms with E-state index in [0.717, 1.165) is 18.4 Å². The van der Waals surface area contributed by atoms with Crippen molar-refractivity contribution in [3.63, 3.8) is 0 Å². The van der Waals surface area contributed by atoms with Crippen LogP contribution in [-0.4, -0.2) is 6.04 Å². The highest BCUT2D eigenvalue weighted by Gasteiger charge is 2.13. The van der Waals surface area contributed by atoms with Crippen LogP contribution in [0.15, 0.2) is 18.2 Å². The SMILES string of the molecule is CCC(C)CC(Cc1cc(F)ccc1Cl)NN. The molecule has 0 saturated carbocycles. The highest BCUT2D eigenvalue weighted by Crippen LogP contribution is 2.21. The van der Waals surface area contributed by atoms with Gasteiger partial charge in [-0.2, -0.15) is 0 Å². The van der Waals surface area contributed by atoms with Crippen LogP contribution in [-0.2, 0) is 6.42 Å². The molecule has 0 spiro atoms. The van der Waals surface area contributed by atoms with Gasteiger partial charge in [-0.15, -0.1) is 0 Å². The Morgan fingerprint density at radius 3 is 2.76 bits per heavy atom. The molecule has 2 atom stereocenters. The first-order valence-corrected chi connectivity index (χ1v) is 6.34.